The molecule has 0 fully saturated rings. The summed E-state index contributed by atoms with van der Waals surface area (Å²) < 4.78 is 5.81. The van der Waals surface area contributed by atoms with Gasteiger partial charge in [0.05, 0.1) is 0 Å². The molecule has 21 heavy (non-hydrogen) atoms. The molecule has 2 aromatic carbocycles. The summed E-state index contributed by atoms with van der Waals surface area (Å²) in [6.45, 7) is 2.49. The van der Waals surface area contributed by atoms with E-state index < -0.39 is 0 Å². The van der Waals surface area contributed by atoms with E-state index >= 15 is 0 Å². The normalized spacial score (nSPS) is 10.4. The van der Waals surface area contributed by atoms with Crippen molar-refractivity contribution in [3.63, 3.8) is 0 Å². The minimum absolute atomic E-state index is 0.133. The Morgan fingerprint density at radius 3 is 2.57 bits per heavy atom. The second-order valence-electron chi connectivity index (χ2n) is 4.97. The lowest BCUT2D eigenvalue weighted by atomic mass is 10.0. The van der Waals surface area contributed by atoms with E-state index in [2.05, 4.69) is 0 Å². The molecule has 0 saturated carbocycles. The highest BCUT2D eigenvalue weighted by Gasteiger charge is 2.08. The SMILES string of the molecule is Cc1cc(C(=O)CCCCl)ccc1OCc1ccccc1. The van der Waals surface area contributed by atoms with Crippen LogP contribution in [-0.2, 0) is 6.61 Å². The van der Waals surface area contributed by atoms with Gasteiger partial charge in [0.25, 0.3) is 0 Å². The van der Waals surface area contributed by atoms with Crippen molar-refractivity contribution in [1.82, 2.24) is 0 Å². The van der Waals surface area contributed by atoms with Crippen LogP contribution in [0.5, 0.6) is 5.75 Å². The molecule has 0 heterocycles. The van der Waals surface area contributed by atoms with Crippen molar-refractivity contribution in [2.24, 2.45) is 0 Å². The van der Waals surface area contributed by atoms with Gasteiger partial charge in [0.15, 0.2) is 5.78 Å². The molecule has 0 bridgehead atoms. The number of halogens is 1. The molecule has 0 amide bonds. The average molecular weight is 303 g/mol. The summed E-state index contributed by atoms with van der Waals surface area (Å²) >= 11 is 5.62. The van der Waals surface area contributed by atoms with Gasteiger partial charge in [0.2, 0.25) is 0 Å². The number of aryl methyl sites for hydroxylation is 1. The van der Waals surface area contributed by atoms with Crippen LogP contribution in [0.2, 0.25) is 0 Å². The van der Waals surface area contributed by atoms with Gasteiger partial charge in [0, 0.05) is 17.9 Å². The van der Waals surface area contributed by atoms with Crippen LogP contribution >= 0.6 is 11.6 Å². The second kappa shape index (κ2) is 7.84. The van der Waals surface area contributed by atoms with Crippen molar-refractivity contribution in [1.29, 1.82) is 0 Å². The van der Waals surface area contributed by atoms with E-state index in [4.69, 9.17) is 16.3 Å². The van der Waals surface area contributed by atoms with Crippen LogP contribution in [0.4, 0.5) is 0 Å². The maximum absolute atomic E-state index is 11.9. The Morgan fingerprint density at radius 2 is 1.90 bits per heavy atom. The largest absolute Gasteiger partial charge is 0.489 e. The number of hydrogen-bond donors (Lipinski definition) is 0. The summed E-state index contributed by atoms with van der Waals surface area (Å²) in [5.41, 5.74) is 2.83. The zero-order valence-electron chi connectivity index (χ0n) is 12.1. The maximum Gasteiger partial charge on any atom is 0.162 e. The van der Waals surface area contributed by atoms with Gasteiger partial charge in [-0.15, -0.1) is 11.6 Å². The van der Waals surface area contributed by atoms with Crippen LogP contribution in [0.15, 0.2) is 48.5 Å². The third-order valence-electron chi connectivity index (χ3n) is 3.27. The highest BCUT2D eigenvalue weighted by Crippen LogP contribution is 2.21. The zero-order valence-corrected chi connectivity index (χ0v) is 12.9. The van der Waals surface area contributed by atoms with Crippen LogP contribution in [0.25, 0.3) is 0 Å². The molecule has 2 rings (SSSR count). The van der Waals surface area contributed by atoms with Crippen molar-refractivity contribution in [2.45, 2.75) is 26.4 Å². The Morgan fingerprint density at radius 1 is 1.14 bits per heavy atom. The number of carbonyl (C=O) groups is 1. The van der Waals surface area contributed by atoms with E-state index in [9.17, 15) is 4.79 Å². The molecule has 2 nitrogen and oxygen atoms in total. The minimum atomic E-state index is 0.133. The molecule has 2 aromatic rings. The molecular formula is C18H19ClO2. The smallest absolute Gasteiger partial charge is 0.162 e. The molecule has 3 heteroatoms. The van der Waals surface area contributed by atoms with Gasteiger partial charge in [-0.2, -0.15) is 0 Å². The van der Waals surface area contributed by atoms with E-state index in [1.165, 1.54) is 0 Å². The quantitative estimate of drug-likeness (QED) is 0.543. The predicted molar refractivity (Wildman–Crippen MR) is 86.2 cm³/mol. The monoisotopic (exact) mass is 302 g/mol. The number of Topliss-reactive ketones (excluding diaryl/α,β-unsaturated/α-hetero) is 1. The number of ether oxygens (including phenoxy) is 1. The molecule has 0 aliphatic heterocycles. The number of alkyl halides is 1. The van der Waals surface area contributed by atoms with Gasteiger partial charge in [-0.05, 0) is 42.7 Å². The first kappa shape index (κ1) is 15.6. The summed E-state index contributed by atoms with van der Waals surface area (Å²) in [7, 11) is 0. The Balaban J connectivity index is 2.00. The molecule has 0 radical (unpaired) electrons. The molecule has 0 aliphatic rings. The Bertz CT molecular complexity index is 593. The Hall–Kier alpha value is -1.80. The number of hydrogen-bond acceptors (Lipinski definition) is 2. The Kier molecular flexibility index (Phi) is 5.82. The summed E-state index contributed by atoms with van der Waals surface area (Å²) in [4.78, 5) is 11.9. The first-order valence-electron chi connectivity index (χ1n) is 7.07. The molecule has 0 aliphatic carbocycles. The fraction of sp³-hybridized carbons (Fsp3) is 0.278. The van der Waals surface area contributed by atoms with Crippen LogP contribution in [-0.4, -0.2) is 11.7 Å². The highest BCUT2D eigenvalue weighted by atomic mass is 35.5. The average Bonchev–Trinajstić information content (AvgIpc) is 2.52. The minimum Gasteiger partial charge on any atom is -0.489 e. The number of rotatable bonds is 7. The van der Waals surface area contributed by atoms with E-state index in [1.807, 2.05) is 55.5 Å². The van der Waals surface area contributed by atoms with E-state index in [0.717, 1.165) is 22.4 Å². The van der Waals surface area contributed by atoms with E-state index in [-0.39, 0.29) is 5.78 Å². The van der Waals surface area contributed by atoms with Crippen molar-refractivity contribution < 1.29 is 9.53 Å². The van der Waals surface area contributed by atoms with Crippen molar-refractivity contribution >= 4 is 17.4 Å². The fourth-order valence-electron chi connectivity index (χ4n) is 2.09. The van der Waals surface area contributed by atoms with E-state index in [0.29, 0.717) is 25.3 Å². The van der Waals surface area contributed by atoms with Gasteiger partial charge >= 0.3 is 0 Å². The summed E-state index contributed by atoms with van der Waals surface area (Å²) in [5.74, 6) is 1.46. The van der Waals surface area contributed by atoms with Crippen molar-refractivity contribution in [2.75, 3.05) is 5.88 Å². The highest BCUT2D eigenvalue weighted by molar-refractivity contribution is 6.18. The molecule has 0 unspecified atom stereocenters. The number of carbonyl (C=O) groups excluding carboxylic acids is 1. The van der Waals surface area contributed by atoms with Gasteiger partial charge in [-0.1, -0.05) is 30.3 Å². The van der Waals surface area contributed by atoms with Crippen LogP contribution in [0.3, 0.4) is 0 Å². The summed E-state index contributed by atoms with van der Waals surface area (Å²) in [5, 5.41) is 0. The molecule has 0 spiro atoms. The van der Waals surface area contributed by atoms with Crippen molar-refractivity contribution in [3.05, 3.63) is 65.2 Å². The van der Waals surface area contributed by atoms with Gasteiger partial charge in [-0.25, -0.2) is 0 Å². The third kappa shape index (κ3) is 4.61. The molecule has 0 saturated heterocycles. The topological polar surface area (TPSA) is 26.3 Å². The lowest BCUT2D eigenvalue weighted by Gasteiger charge is -2.10. The fourth-order valence-corrected chi connectivity index (χ4v) is 2.23. The van der Waals surface area contributed by atoms with Gasteiger partial charge in [-0.3, -0.25) is 4.79 Å². The predicted octanol–water partition coefficient (Wildman–Crippen LogP) is 4.78. The van der Waals surface area contributed by atoms with Crippen molar-refractivity contribution in [3.8, 4) is 5.75 Å². The summed E-state index contributed by atoms with van der Waals surface area (Å²) in [6, 6.07) is 15.6. The maximum atomic E-state index is 11.9. The molecule has 0 aromatic heterocycles. The number of benzene rings is 2. The molecule has 110 valence electrons. The number of ketones is 1. The van der Waals surface area contributed by atoms with Gasteiger partial charge in [0.1, 0.15) is 12.4 Å². The first-order valence-corrected chi connectivity index (χ1v) is 7.60. The lowest BCUT2D eigenvalue weighted by Crippen LogP contribution is -2.02. The van der Waals surface area contributed by atoms with Gasteiger partial charge < -0.3 is 4.74 Å². The zero-order chi connectivity index (χ0) is 15.1. The van der Waals surface area contributed by atoms with Crippen LogP contribution in [0, 0.1) is 6.92 Å². The van der Waals surface area contributed by atoms with Crippen LogP contribution < -0.4 is 4.74 Å². The first-order chi connectivity index (χ1) is 10.2. The molecular weight excluding hydrogens is 284 g/mol. The van der Waals surface area contributed by atoms with E-state index in [1.54, 1.807) is 0 Å². The summed E-state index contributed by atoms with van der Waals surface area (Å²) in [6.07, 6.45) is 1.21. The Labute approximate surface area is 130 Å². The third-order valence-corrected chi connectivity index (χ3v) is 3.54. The second-order valence-corrected chi connectivity index (χ2v) is 5.35. The lowest BCUT2D eigenvalue weighted by molar-refractivity contribution is 0.0982. The standard InChI is InChI=1S/C18H19ClO2/c1-14-12-16(17(20)8-5-11-19)9-10-18(14)21-13-15-6-3-2-4-7-15/h2-4,6-7,9-10,12H,5,8,11,13H2,1H3. The van der Waals surface area contributed by atoms with Crippen LogP contribution in [0.1, 0.15) is 34.3 Å². The molecule has 0 N–H and O–H groups in total. The molecule has 0 atom stereocenters.